The van der Waals surface area contributed by atoms with Crippen molar-refractivity contribution in [2.45, 2.75) is 52.0 Å². The zero-order valence-corrected chi connectivity index (χ0v) is 12.0. The Morgan fingerprint density at radius 2 is 2.05 bits per heavy atom. The predicted molar refractivity (Wildman–Crippen MR) is 80.6 cm³/mol. The Morgan fingerprint density at radius 3 is 2.84 bits per heavy atom. The molecule has 2 rings (SSSR count). The lowest BCUT2D eigenvalue weighted by Crippen LogP contribution is -2.32. The van der Waals surface area contributed by atoms with E-state index >= 15 is 0 Å². The van der Waals surface area contributed by atoms with Crippen LogP contribution < -0.4 is 10.2 Å². The maximum Gasteiger partial charge on any atom is 0.229 e. The molecule has 0 aromatic heterocycles. The fourth-order valence-corrected chi connectivity index (χ4v) is 2.60. The van der Waals surface area contributed by atoms with E-state index in [9.17, 15) is 4.79 Å². The lowest BCUT2D eigenvalue weighted by molar-refractivity contribution is -0.118. The maximum absolute atomic E-state index is 12.3. The molecule has 0 saturated carbocycles. The van der Waals surface area contributed by atoms with Gasteiger partial charge in [0.05, 0.1) is 11.4 Å². The van der Waals surface area contributed by atoms with Gasteiger partial charge >= 0.3 is 0 Å². The highest BCUT2D eigenvalue weighted by Gasteiger charge is 2.24. The third kappa shape index (κ3) is 3.49. The van der Waals surface area contributed by atoms with Gasteiger partial charge in [0.15, 0.2) is 0 Å². The van der Waals surface area contributed by atoms with Crippen LogP contribution in [0.1, 0.15) is 46.0 Å². The molecule has 1 atom stereocenters. The molecule has 0 bridgehead atoms. The van der Waals surface area contributed by atoms with Gasteiger partial charge in [0.25, 0.3) is 0 Å². The normalized spacial score (nSPS) is 18.7. The minimum atomic E-state index is 0.203. The fraction of sp³-hybridized carbons (Fsp3) is 0.562. The van der Waals surface area contributed by atoms with E-state index in [-0.39, 0.29) is 11.9 Å². The van der Waals surface area contributed by atoms with Crippen molar-refractivity contribution in [3.63, 3.8) is 0 Å². The van der Waals surface area contributed by atoms with E-state index in [2.05, 4.69) is 25.2 Å². The number of nitrogens with zero attached hydrogens (tertiary/aromatic N) is 1. The number of fused-ring (bicyclic) bond motifs is 1. The molecule has 0 unspecified atom stereocenters. The summed E-state index contributed by atoms with van der Waals surface area (Å²) in [6.45, 7) is 5.11. The van der Waals surface area contributed by atoms with Gasteiger partial charge in [-0.3, -0.25) is 4.79 Å². The van der Waals surface area contributed by atoms with Crippen LogP contribution in [-0.2, 0) is 4.79 Å². The number of anilines is 2. The van der Waals surface area contributed by atoms with Crippen LogP contribution in [0.2, 0.25) is 0 Å². The van der Waals surface area contributed by atoms with Crippen LogP contribution in [0.3, 0.4) is 0 Å². The number of para-hydroxylation sites is 2. The van der Waals surface area contributed by atoms with Crippen molar-refractivity contribution in [1.29, 1.82) is 0 Å². The summed E-state index contributed by atoms with van der Waals surface area (Å²) in [6, 6.07) is 8.32. The van der Waals surface area contributed by atoms with Crippen molar-refractivity contribution in [1.82, 2.24) is 0 Å². The van der Waals surface area contributed by atoms with Gasteiger partial charge in [0.1, 0.15) is 0 Å². The van der Waals surface area contributed by atoms with Gasteiger partial charge < -0.3 is 10.2 Å². The zero-order valence-electron chi connectivity index (χ0n) is 12.0. The molecule has 104 valence electrons. The molecule has 0 radical (unpaired) electrons. The summed E-state index contributed by atoms with van der Waals surface area (Å²) in [5.41, 5.74) is 2.12. The number of benzene rings is 1. The van der Waals surface area contributed by atoms with Gasteiger partial charge in [-0.2, -0.15) is 0 Å². The van der Waals surface area contributed by atoms with E-state index < -0.39 is 0 Å². The first-order valence-corrected chi connectivity index (χ1v) is 7.38. The Bertz CT molecular complexity index is 431. The van der Waals surface area contributed by atoms with Crippen LogP contribution in [-0.4, -0.2) is 18.5 Å². The standard InChI is InChI=1S/C16H24N2O/c1-3-4-5-8-11-18-15-10-7-6-9-14(15)17-13(2)12-16(18)19/h6-7,9-10,13,17H,3-5,8,11-12H2,1-2H3/t13-/m1/s1. The number of nitrogens with one attached hydrogen (secondary N) is 1. The van der Waals surface area contributed by atoms with Crippen molar-refractivity contribution < 1.29 is 4.79 Å². The first-order chi connectivity index (χ1) is 9.22. The Hall–Kier alpha value is -1.51. The van der Waals surface area contributed by atoms with Gasteiger partial charge in [-0.25, -0.2) is 0 Å². The third-order valence-electron chi connectivity index (χ3n) is 3.61. The summed E-state index contributed by atoms with van der Waals surface area (Å²) in [5, 5.41) is 3.42. The molecule has 19 heavy (non-hydrogen) atoms. The summed E-state index contributed by atoms with van der Waals surface area (Å²) in [4.78, 5) is 14.3. The van der Waals surface area contributed by atoms with Crippen LogP contribution in [0.25, 0.3) is 0 Å². The molecule has 0 saturated heterocycles. The number of hydrogen-bond donors (Lipinski definition) is 1. The highest BCUT2D eigenvalue weighted by Crippen LogP contribution is 2.30. The minimum Gasteiger partial charge on any atom is -0.380 e. The predicted octanol–water partition coefficient (Wildman–Crippen LogP) is 3.80. The molecule has 1 N–H and O–H groups in total. The number of rotatable bonds is 5. The van der Waals surface area contributed by atoms with Crippen molar-refractivity contribution in [2.24, 2.45) is 0 Å². The Kier molecular flexibility index (Phi) is 4.83. The number of hydrogen-bond acceptors (Lipinski definition) is 2. The Morgan fingerprint density at radius 1 is 1.26 bits per heavy atom. The van der Waals surface area contributed by atoms with Crippen LogP contribution in [0, 0.1) is 0 Å². The van der Waals surface area contributed by atoms with Gasteiger partial charge in [0.2, 0.25) is 5.91 Å². The van der Waals surface area contributed by atoms with Crippen LogP contribution in [0.4, 0.5) is 11.4 Å². The minimum absolute atomic E-state index is 0.203. The smallest absolute Gasteiger partial charge is 0.229 e. The largest absolute Gasteiger partial charge is 0.380 e. The fourth-order valence-electron chi connectivity index (χ4n) is 2.60. The van der Waals surface area contributed by atoms with Crippen LogP contribution in [0.5, 0.6) is 0 Å². The van der Waals surface area contributed by atoms with E-state index in [1.165, 1.54) is 19.3 Å². The molecule has 3 nitrogen and oxygen atoms in total. The zero-order chi connectivity index (χ0) is 13.7. The summed E-state index contributed by atoms with van der Waals surface area (Å²) in [6.07, 6.45) is 5.33. The Balaban J connectivity index is 2.13. The summed E-state index contributed by atoms with van der Waals surface area (Å²) in [5.74, 6) is 0.237. The molecule has 1 aliphatic heterocycles. The second-order valence-corrected chi connectivity index (χ2v) is 5.37. The third-order valence-corrected chi connectivity index (χ3v) is 3.61. The van der Waals surface area contributed by atoms with E-state index in [4.69, 9.17) is 0 Å². The highest BCUT2D eigenvalue weighted by atomic mass is 16.2. The molecule has 0 spiro atoms. The number of carbonyl (C=O) groups is 1. The molecule has 1 aliphatic rings. The molecule has 1 aromatic rings. The second-order valence-electron chi connectivity index (χ2n) is 5.37. The topological polar surface area (TPSA) is 32.3 Å². The lowest BCUT2D eigenvalue weighted by atomic mass is 10.1. The Labute approximate surface area is 116 Å². The number of amides is 1. The number of carbonyl (C=O) groups excluding carboxylic acids is 1. The van der Waals surface area contributed by atoms with E-state index in [1.807, 2.05) is 23.1 Å². The van der Waals surface area contributed by atoms with E-state index in [1.54, 1.807) is 0 Å². The summed E-state index contributed by atoms with van der Waals surface area (Å²) >= 11 is 0. The van der Waals surface area contributed by atoms with E-state index in [0.717, 1.165) is 24.3 Å². The lowest BCUT2D eigenvalue weighted by Gasteiger charge is -2.22. The highest BCUT2D eigenvalue weighted by molar-refractivity contribution is 5.98. The second kappa shape index (κ2) is 6.60. The van der Waals surface area contributed by atoms with Gasteiger partial charge in [-0.05, 0) is 25.5 Å². The SMILES string of the molecule is CCCCCCN1C(=O)C[C@@H](C)Nc2ccccc21. The first kappa shape index (κ1) is 13.9. The molecule has 1 heterocycles. The number of unbranched alkanes of at least 4 members (excludes halogenated alkanes) is 3. The van der Waals surface area contributed by atoms with Crippen LogP contribution >= 0.6 is 0 Å². The average Bonchev–Trinajstić information content (AvgIpc) is 2.51. The first-order valence-electron chi connectivity index (χ1n) is 7.38. The molecule has 1 amide bonds. The average molecular weight is 260 g/mol. The molecular weight excluding hydrogens is 236 g/mol. The van der Waals surface area contributed by atoms with Crippen molar-refractivity contribution in [3.05, 3.63) is 24.3 Å². The molecule has 1 aromatic carbocycles. The monoisotopic (exact) mass is 260 g/mol. The van der Waals surface area contributed by atoms with Crippen molar-refractivity contribution in [2.75, 3.05) is 16.8 Å². The molecular formula is C16H24N2O. The summed E-state index contributed by atoms with van der Waals surface area (Å²) in [7, 11) is 0. The van der Waals surface area contributed by atoms with Crippen molar-refractivity contribution in [3.8, 4) is 0 Å². The maximum atomic E-state index is 12.3. The molecule has 3 heteroatoms. The summed E-state index contributed by atoms with van der Waals surface area (Å²) < 4.78 is 0. The molecule has 0 aliphatic carbocycles. The molecule has 0 fully saturated rings. The van der Waals surface area contributed by atoms with Gasteiger partial charge in [-0.1, -0.05) is 38.3 Å². The van der Waals surface area contributed by atoms with E-state index in [0.29, 0.717) is 6.42 Å². The van der Waals surface area contributed by atoms with Crippen molar-refractivity contribution >= 4 is 17.3 Å². The van der Waals surface area contributed by atoms with Gasteiger partial charge in [-0.15, -0.1) is 0 Å². The van der Waals surface area contributed by atoms with Crippen LogP contribution in [0.15, 0.2) is 24.3 Å². The van der Waals surface area contributed by atoms with Gasteiger partial charge in [0, 0.05) is 19.0 Å². The quantitative estimate of drug-likeness (QED) is 0.817.